The summed E-state index contributed by atoms with van der Waals surface area (Å²) >= 11 is 2.21. The van der Waals surface area contributed by atoms with Gasteiger partial charge in [0.05, 0.1) is 5.69 Å². The normalized spacial score (nSPS) is 11.8. The zero-order chi connectivity index (χ0) is 9.35. The molecule has 0 aliphatic rings. The lowest BCUT2D eigenvalue weighted by Crippen LogP contribution is -2.19. The Labute approximate surface area is 86.2 Å². The molecule has 0 aromatic carbocycles. The van der Waals surface area contributed by atoms with Crippen molar-refractivity contribution in [3.05, 3.63) is 27.1 Å². The van der Waals surface area contributed by atoms with Crippen LogP contribution in [-0.4, -0.2) is 10.1 Å². The van der Waals surface area contributed by atoms with Crippen molar-refractivity contribution in [3.63, 3.8) is 0 Å². The predicted molar refractivity (Wildman–Crippen MR) is 56.9 cm³/mol. The van der Waals surface area contributed by atoms with Crippen LogP contribution in [0.1, 0.15) is 25.1 Å². The topological polar surface area (TPSA) is 33.1 Å². The van der Waals surface area contributed by atoms with Crippen molar-refractivity contribution in [1.29, 1.82) is 0 Å². The fourth-order valence-corrected chi connectivity index (χ4v) is 1.95. The van der Waals surface area contributed by atoms with Crippen LogP contribution in [0.5, 0.6) is 0 Å². The van der Waals surface area contributed by atoms with Crippen LogP contribution in [0, 0.1) is 10.5 Å². The molecule has 0 atom stereocenters. The molecule has 2 nitrogen and oxygen atoms in total. The molecule has 1 aromatic rings. The van der Waals surface area contributed by atoms with Crippen LogP contribution in [-0.2, 0) is 5.60 Å². The first-order valence-electron chi connectivity index (χ1n) is 3.77. The SMILES string of the molecule is Cc1ccnc(C(C)(C)O)c1I. The first-order chi connectivity index (χ1) is 5.43. The second-order valence-electron chi connectivity index (χ2n) is 3.35. The van der Waals surface area contributed by atoms with E-state index < -0.39 is 5.60 Å². The van der Waals surface area contributed by atoms with Gasteiger partial charge in [0.2, 0.25) is 0 Å². The van der Waals surface area contributed by atoms with Crippen LogP contribution in [0.4, 0.5) is 0 Å². The molecule has 0 radical (unpaired) electrons. The first-order valence-corrected chi connectivity index (χ1v) is 4.85. The van der Waals surface area contributed by atoms with Gasteiger partial charge in [-0.1, -0.05) is 0 Å². The maximum Gasteiger partial charge on any atom is 0.102 e. The lowest BCUT2D eigenvalue weighted by molar-refractivity contribution is 0.0728. The summed E-state index contributed by atoms with van der Waals surface area (Å²) in [5.74, 6) is 0. The molecule has 1 N–H and O–H groups in total. The van der Waals surface area contributed by atoms with Crippen molar-refractivity contribution in [2.24, 2.45) is 0 Å². The molecule has 0 fully saturated rings. The molecular weight excluding hydrogens is 265 g/mol. The number of rotatable bonds is 1. The van der Waals surface area contributed by atoms with Gasteiger partial charge in [-0.15, -0.1) is 0 Å². The molecule has 1 heterocycles. The maximum atomic E-state index is 9.73. The van der Waals surface area contributed by atoms with Gasteiger partial charge in [-0.25, -0.2) is 0 Å². The summed E-state index contributed by atoms with van der Waals surface area (Å²) in [5.41, 5.74) is 1.06. The molecule has 66 valence electrons. The van der Waals surface area contributed by atoms with E-state index in [9.17, 15) is 5.11 Å². The highest BCUT2D eigenvalue weighted by atomic mass is 127. The summed E-state index contributed by atoms with van der Waals surface area (Å²) < 4.78 is 1.04. The number of nitrogens with zero attached hydrogens (tertiary/aromatic N) is 1. The first kappa shape index (κ1) is 9.92. The van der Waals surface area contributed by atoms with Crippen molar-refractivity contribution >= 4 is 22.6 Å². The van der Waals surface area contributed by atoms with Gasteiger partial charge in [0.1, 0.15) is 5.60 Å². The molecule has 1 rings (SSSR count). The molecule has 0 saturated carbocycles. The molecule has 1 aromatic heterocycles. The van der Waals surface area contributed by atoms with E-state index in [1.165, 1.54) is 0 Å². The molecule has 0 aliphatic carbocycles. The number of hydrogen-bond acceptors (Lipinski definition) is 2. The standard InChI is InChI=1S/C9H12INO/c1-6-4-5-11-8(7(6)10)9(2,3)12/h4-5,12H,1-3H3. The van der Waals surface area contributed by atoms with Gasteiger partial charge in [-0.2, -0.15) is 0 Å². The average molecular weight is 277 g/mol. The number of pyridine rings is 1. The van der Waals surface area contributed by atoms with E-state index in [4.69, 9.17) is 0 Å². The number of halogens is 1. The van der Waals surface area contributed by atoms with Crippen molar-refractivity contribution in [2.45, 2.75) is 26.4 Å². The Bertz CT molecular complexity index is 291. The molecule has 3 heteroatoms. The third kappa shape index (κ3) is 1.95. The molecule has 0 spiro atoms. The Morgan fingerprint density at radius 2 is 2.08 bits per heavy atom. The van der Waals surface area contributed by atoms with Crippen LogP contribution in [0.25, 0.3) is 0 Å². The minimum Gasteiger partial charge on any atom is -0.384 e. The summed E-state index contributed by atoms with van der Waals surface area (Å²) in [5, 5.41) is 9.73. The van der Waals surface area contributed by atoms with Crippen molar-refractivity contribution in [1.82, 2.24) is 4.98 Å². The van der Waals surface area contributed by atoms with E-state index in [-0.39, 0.29) is 0 Å². The lowest BCUT2D eigenvalue weighted by atomic mass is 10.0. The van der Waals surface area contributed by atoms with Gasteiger partial charge in [0.15, 0.2) is 0 Å². The monoisotopic (exact) mass is 277 g/mol. The number of aliphatic hydroxyl groups is 1. The van der Waals surface area contributed by atoms with Crippen LogP contribution >= 0.6 is 22.6 Å². The second-order valence-corrected chi connectivity index (χ2v) is 4.43. The molecule has 0 unspecified atom stereocenters. The molecule has 12 heavy (non-hydrogen) atoms. The van der Waals surface area contributed by atoms with Gasteiger partial charge in [-0.3, -0.25) is 4.98 Å². The van der Waals surface area contributed by atoms with Crippen LogP contribution in [0.15, 0.2) is 12.3 Å². The van der Waals surface area contributed by atoms with E-state index in [2.05, 4.69) is 27.6 Å². The Balaban J connectivity index is 3.26. The number of hydrogen-bond donors (Lipinski definition) is 1. The zero-order valence-electron chi connectivity index (χ0n) is 7.43. The highest BCUT2D eigenvalue weighted by molar-refractivity contribution is 14.1. The summed E-state index contributed by atoms with van der Waals surface area (Å²) in [7, 11) is 0. The average Bonchev–Trinajstić information content (AvgIpc) is 1.92. The Morgan fingerprint density at radius 3 is 2.50 bits per heavy atom. The summed E-state index contributed by atoms with van der Waals surface area (Å²) in [4.78, 5) is 4.15. The summed E-state index contributed by atoms with van der Waals surface area (Å²) in [6, 6.07) is 1.94. The van der Waals surface area contributed by atoms with Crippen molar-refractivity contribution < 1.29 is 5.11 Å². The molecule has 0 amide bonds. The van der Waals surface area contributed by atoms with Gasteiger partial charge in [-0.05, 0) is 55.0 Å². The summed E-state index contributed by atoms with van der Waals surface area (Å²) in [6.07, 6.45) is 1.73. The molecular formula is C9H12INO. The predicted octanol–water partition coefficient (Wildman–Crippen LogP) is 2.22. The van der Waals surface area contributed by atoms with Gasteiger partial charge >= 0.3 is 0 Å². The minimum absolute atomic E-state index is 0.753. The van der Waals surface area contributed by atoms with E-state index in [0.29, 0.717) is 0 Å². The van der Waals surface area contributed by atoms with Gasteiger partial charge in [0, 0.05) is 9.77 Å². The van der Waals surface area contributed by atoms with Crippen molar-refractivity contribution in [2.75, 3.05) is 0 Å². The van der Waals surface area contributed by atoms with Gasteiger partial charge in [0.25, 0.3) is 0 Å². The Hall–Kier alpha value is -0.160. The number of aromatic nitrogens is 1. The Morgan fingerprint density at radius 1 is 1.50 bits per heavy atom. The molecule has 0 aliphatic heterocycles. The third-order valence-electron chi connectivity index (χ3n) is 1.66. The van der Waals surface area contributed by atoms with Crippen LogP contribution in [0.3, 0.4) is 0 Å². The largest absolute Gasteiger partial charge is 0.384 e. The second kappa shape index (κ2) is 3.30. The Kier molecular flexibility index (Phi) is 2.73. The molecule has 0 saturated heterocycles. The maximum absolute atomic E-state index is 9.73. The van der Waals surface area contributed by atoms with E-state index in [1.807, 2.05) is 13.0 Å². The number of aryl methyl sites for hydroxylation is 1. The smallest absolute Gasteiger partial charge is 0.102 e. The molecule has 0 bridgehead atoms. The van der Waals surface area contributed by atoms with E-state index in [1.54, 1.807) is 20.0 Å². The fraction of sp³-hybridized carbons (Fsp3) is 0.444. The fourth-order valence-electron chi connectivity index (χ4n) is 0.967. The minimum atomic E-state index is -0.845. The third-order valence-corrected chi connectivity index (χ3v) is 3.02. The quantitative estimate of drug-likeness (QED) is 0.798. The zero-order valence-corrected chi connectivity index (χ0v) is 9.58. The van der Waals surface area contributed by atoms with Crippen LogP contribution < -0.4 is 0 Å². The highest BCUT2D eigenvalue weighted by Crippen LogP contribution is 2.24. The van der Waals surface area contributed by atoms with E-state index in [0.717, 1.165) is 14.8 Å². The highest BCUT2D eigenvalue weighted by Gasteiger charge is 2.21. The lowest BCUT2D eigenvalue weighted by Gasteiger charge is -2.18. The van der Waals surface area contributed by atoms with Crippen LogP contribution in [0.2, 0.25) is 0 Å². The van der Waals surface area contributed by atoms with Gasteiger partial charge < -0.3 is 5.11 Å². The van der Waals surface area contributed by atoms with Crippen molar-refractivity contribution in [3.8, 4) is 0 Å². The van der Waals surface area contributed by atoms with E-state index >= 15 is 0 Å². The summed E-state index contributed by atoms with van der Waals surface area (Å²) in [6.45, 7) is 5.51.